The summed E-state index contributed by atoms with van der Waals surface area (Å²) in [5.74, 6) is 0.823. The standard InChI is InChI=1S/C21H28N2O2/c1-2-22-12-14-23(15-13-22)16-19(24)17-25-21-11-7-6-10-20(21)18-8-4-3-5-9-18/h3-11,19,24H,2,12-17H2,1H3. The van der Waals surface area contributed by atoms with E-state index in [9.17, 15) is 5.11 Å². The lowest BCUT2D eigenvalue weighted by Crippen LogP contribution is -2.49. The SMILES string of the molecule is CCN1CCN(CC(O)COc2ccccc2-c2ccccc2)CC1. The van der Waals surface area contributed by atoms with Crippen LogP contribution in [-0.2, 0) is 0 Å². The van der Waals surface area contributed by atoms with E-state index in [2.05, 4.69) is 34.9 Å². The molecule has 2 aromatic carbocycles. The molecule has 1 saturated heterocycles. The van der Waals surface area contributed by atoms with E-state index in [0.717, 1.165) is 49.6 Å². The van der Waals surface area contributed by atoms with Gasteiger partial charge in [0.05, 0.1) is 0 Å². The smallest absolute Gasteiger partial charge is 0.127 e. The first kappa shape index (κ1) is 17.9. The highest BCUT2D eigenvalue weighted by atomic mass is 16.5. The summed E-state index contributed by atoms with van der Waals surface area (Å²) < 4.78 is 5.95. The third kappa shape index (κ3) is 5.05. The van der Waals surface area contributed by atoms with E-state index >= 15 is 0 Å². The van der Waals surface area contributed by atoms with Gasteiger partial charge in [-0.2, -0.15) is 0 Å². The van der Waals surface area contributed by atoms with Gasteiger partial charge in [-0.1, -0.05) is 55.5 Å². The van der Waals surface area contributed by atoms with Gasteiger partial charge in [0.2, 0.25) is 0 Å². The van der Waals surface area contributed by atoms with Gasteiger partial charge in [-0.3, -0.25) is 4.90 Å². The van der Waals surface area contributed by atoms with E-state index in [4.69, 9.17) is 4.74 Å². The first-order valence-electron chi connectivity index (χ1n) is 9.16. The fourth-order valence-electron chi connectivity index (χ4n) is 3.27. The molecule has 0 aliphatic carbocycles. The number of aliphatic hydroxyl groups excluding tert-OH is 1. The normalized spacial score (nSPS) is 17.4. The van der Waals surface area contributed by atoms with Gasteiger partial charge in [0.15, 0.2) is 0 Å². The Kier molecular flexibility index (Phi) is 6.45. The Bertz CT molecular complexity index is 639. The number of β-amino-alcohol motifs (C(OH)–C–C–N with tert-alkyl or cyclic N) is 1. The van der Waals surface area contributed by atoms with Gasteiger partial charge in [-0.15, -0.1) is 0 Å². The van der Waals surface area contributed by atoms with Crippen LogP contribution in [0.2, 0.25) is 0 Å². The summed E-state index contributed by atoms with van der Waals surface area (Å²) in [4.78, 5) is 4.76. The molecule has 25 heavy (non-hydrogen) atoms. The lowest BCUT2D eigenvalue weighted by Gasteiger charge is -2.34. The van der Waals surface area contributed by atoms with E-state index < -0.39 is 6.10 Å². The molecule has 0 aromatic heterocycles. The number of ether oxygens (including phenoxy) is 1. The molecular weight excluding hydrogens is 312 g/mol. The second-order valence-corrected chi connectivity index (χ2v) is 6.56. The molecule has 4 nitrogen and oxygen atoms in total. The second-order valence-electron chi connectivity index (χ2n) is 6.56. The Morgan fingerprint density at radius 3 is 2.28 bits per heavy atom. The summed E-state index contributed by atoms with van der Waals surface area (Å²) in [5.41, 5.74) is 2.19. The van der Waals surface area contributed by atoms with Crippen molar-refractivity contribution < 1.29 is 9.84 Å². The van der Waals surface area contributed by atoms with Crippen LogP contribution < -0.4 is 4.74 Å². The summed E-state index contributed by atoms with van der Waals surface area (Å²) in [6.07, 6.45) is -0.475. The molecule has 1 fully saturated rings. The van der Waals surface area contributed by atoms with Gasteiger partial charge in [0.1, 0.15) is 18.5 Å². The van der Waals surface area contributed by atoms with Crippen molar-refractivity contribution >= 4 is 0 Å². The number of hydrogen-bond donors (Lipinski definition) is 1. The van der Waals surface area contributed by atoms with Crippen LogP contribution in [0.15, 0.2) is 54.6 Å². The van der Waals surface area contributed by atoms with E-state index in [1.54, 1.807) is 0 Å². The lowest BCUT2D eigenvalue weighted by atomic mass is 10.1. The Morgan fingerprint density at radius 2 is 1.56 bits per heavy atom. The number of rotatable bonds is 7. The Balaban J connectivity index is 1.54. The highest BCUT2D eigenvalue weighted by Crippen LogP contribution is 2.29. The highest BCUT2D eigenvalue weighted by Gasteiger charge is 2.18. The van der Waals surface area contributed by atoms with Gasteiger partial charge in [-0.05, 0) is 18.2 Å². The van der Waals surface area contributed by atoms with Crippen molar-refractivity contribution in [1.82, 2.24) is 9.80 Å². The first-order chi connectivity index (χ1) is 12.3. The van der Waals surface area contributed by atoms with E-state index in [1.165, 1.54) is 0 Å². The molecule has 1 aliphatic heterocycles. The largest absolute Gasteiger partial charge is 0.490 e. The van der Waals surface area contributed by atoms with Crippen molar-refractivity contribution in [2.75, 3.05) is 45.9 Å². The third-order valence-corrected chi connectivity index (χ3v) is 4.78. The molecule has 0 spiro atoms. The average molecular weight is 340 g/mol. The molecule has 134 valence electrons. The summed E-state index contributed by atoms with van der Waals surface area (Å²) in [6.45, 7) is 8.50. The zero-order chi connectivity index (χ0) is 17.5. The summed E-state index contributed by atoms with van der Waals surface area (Å²) in [7, 11) is 0. The quantitative estimate of drug-likeness (QED) is 0.841. The summed E-state index contributed by atoms with van der Waals surface area (Å²) in [6, 6.07) is 18.2. The Hall–Kier alpha value is -1.88. The maximum absolute atomic E-state index is 10.4. The van der Waals surface area contributed by atoms with Crippen molar-refractivity contribution in [3.05, 3.63) is 54.6 Å². The fourth-order valence-corrected chi connectivity index (χ4v) is 3.27. The molecule has 1 N–H and O–H groups in total. The minimum Gasteiger partial charge on any atom is -0.490 e. The molecule has 0 saturated carbocycles. The summed E-state index contributed by atoms with van der Waals surface area (Å²) >= 11 is 0. The van der Waals surface area contributed by atoms with Crippen LogP contribution in [0.1, 0.15) is 6.92 Å². The molecule has 4 heteroatoms. The molecule has 1 atom stereocenters. The number of piperazine rings is 1. The Morgan fingerprint density at radius 1 is 0.920 bits per heavy atom. The molecule has 1 heterocycles. The predicted octanol–water partition coefficient (Wildman–Crippen LogP) is 2.73. The topological polar surface area (TPSA) is 35.9 Å². The zero-order valence-corrected chi connectivity index (χ0v) is 15.0. The lowest BCUT2D eigenvalue weighted by molar-refractivity contribution is 0.0472. The molecule has 3 rings (SSSR count). The number of para-hydroxylation sites is 1. The van der Waals surface area contributed by atoms with Crippen molar-refractivity contribution in [3.63, 3.8) is 0 Å². The Labute approximate surface area is 150 Å². The molecule has 2 aromatic rings. The first-order valence-corrected chi connectivity index (χ1v) is 9.16. The monoisotopic (exact) mass is 340 g/mol. The maximum Gasteiger partial charge on any atom is 0.127 e. The molecule has 0 radical (unpaired) electrons. The minimum atomic E-state index is -0.475. The number of nitrogens with zero attached hydrogens (tertiary/aromatic N) is 2. The van der Waals surface area contributed by atoms with E-state index in [-0.39, 0.29) is 0 Å². The molecule has 1 unspecified atom stereocenters. The van der Waals surface area contributed by atoms with Gasteiger partial charge in [0, 0.05) is 38.3 Å². The maximum atomic E-state index is 10.4. The number of likely N-dealkylation sites (N-methyl/N-ethyl adjacent to an activating group) is 1. The average Bonchev–Trinajstić information content (AvgIpc) is 2.68. The summed E-state index contributed by atoms with van der Waals surface area (Å²) in [5, 5.41) is 10.4. The third-order valence-electron chi connectivity index (χ3n) is 4.78. The number of benzene rings is 2. The van der Waals surface area contributed by atoms with Crippen molar-refractivity contribution in [2.24, 2.45) is 0 Å². The van der Waals surface area contributed by atoms with Crippen molar-refractivity contribution in [1.29, 1.82) is 0 Å². The van der Waals surface area contributed by atoms with Gasteiger partial charge >= 0.3 is 0 Å². The molecular formula is C21H28N2O2. The predicted molar refractivity (Wildman–Crippen MR) is 102 cm³/mol. The van der Waals surface area contributed by atoms with Crippen LogP contribution in [0.25, 0.3) is 11.1 Å². The van der Waals surface area contributed by atoms with Gasteiger partial charge in [-0.25, -0.2) is 0 Å². The van der Waals surface area contributed by atoms with Crippen LogP contribution in [-0.4, -0.2) is 66.9 Å². The van der Waals surface area contributed by atoms with Gasteiger partial charge < -0.3 is 14.7 Å². The zero-order valence-electron chi connectivity index (χ0n) is 15.0. The second kappa shape index (κ2) is 8.99. The fraction of sp³-hybridized carbons (Fsp3) is 0.429. The van der Waals surface area contributed by atoms with Crippen LogP contribution in [0.4, 0.5) is 0 Å². The molecule has 1 aliphatic rings. The van der Waals surface area contributed by atoms with Crippen LogP contribution >= 0.6 is 0 Å². The molecule has 0 bridgehead atoms. The van der Waals surface area contributed by atoms with Crippen LogP contribution in [0.3, 0.4) is 0 Å². The van der Waals surface area contributed by atoms with Gasteiger partial charge in [0.25, 0.3) is 0 Å². The minimum absolute atomic E-state index is 0.317. The van der Waals surface area contributed by atoms with Crippen LogP contribution in [0.5, 0.6) is 5.75 Å². The van der Waals surface area contributed by atoms with E-state index in [0.29, 0.717) is 13.2 Å². The number of aliphatic hydroxyl groups is 1. The molecule has 0 amide bonds. The van der Waals surface area contributed by atoms with Crippen molar-refractivity contribution in [2.45, 2.75) is 13.0 Å². The number of hydrogen-bond acceptors (Lipinski definition) is 4. The van der Waals surface area contributed by atoms with Crippen molar-refractivity contribution in [3.8, 4) is 16.9 Å². The van der Waals surface area contributed by atoms with E-state index in [1.807, 2.05) is 36.4 Å². The highest BCUT2D eigenvalue weighted by molar-refractivity contribution is 5.70. The van der Waals surface area contributed by atoms with Crippen LogP contribution in [0, 0.1) is 0 Å².